The van der Waals surface area contributed by atoms with Gasteiger partial charge in [-0.25, -0.2) is 9.69 Å². The molecule has 186 valence electrons. The molecule has 0 aliphatic carbocycles. The fourth-order valence-corrected chi connectivity index (χ4v) is 4.74. The number of nitrogens with zero attached hydrogens (tertiary/aromatic N) is 1. The third-order valence-electron chi connectivity index (χ3n) is 6.57. The number of amides is 2. The molecule has 5 heteroatoms. The second-order valence-corrected chi connectivity index (χ2v) is 9.11. The van der Waals surface area contributed by atoms with Crippen LogP contribution in [-0.2, 0) is 33.5 Å². The molecule has 3 atom stereocenters. The van der Waals surface area contributed by atoms with E-state index < -0.39 is 12.0 Å². The van der Waals surface area contributed by atoms with Crippen LogP contribution in [0.4, 0.5) is 4.79 Å². The van der Waals surface area contributed by atoms with E-state index in [1.807, 2.05) is 78.9 Å². The topological polar surface area (TPSA) is 55.8 Å². The molecule has 5 nitrogen and oxygen atoms in total. The number of carbonyl (C=O) groups excluding carboxylic acids is 2. The number of ether oxygens (including phenoxy) is 2. The van der Waals surface area contributed by atoms with Gasteiger partial charge < -0.3 is 9.47 Å². The molecule has 3 aromatic carbocycles. The summed E-state index contributed by atoms with van der Waals surface area (Å²) in [4.78, 5) is 28.2. The fraction of sp³-hybridized carbons (Fsp3) is 0.290. The summed E-state index contributed by atoms with van der Waals surface area (Å²) in [6, 6.07) is 29.6. The zero-order valence-electron chi connectivity index (χ0n) is 20.5. The van der Waals surface area contributed by atoms with Crippen molar-refractivity contribution in [2.24, 2.45) is 5.92 Å². The Kier molecular flexibility index (Phi) is 9.06. The predicted octanol–water partition coefficient (Wildman–Crippen LogP) is 5.64. The van der Waals surface area contributed by atoms with Crippen LogP contribution in [0.15, 0.2) is 104 Å². The Balaban J connectivity index is 1.60. The van der Waals surface area contributed by atoms with Gasteiger partial charge in [-0.05, 0) is 42.4 Å². The number of aryl methyl sites for hydroxylation is 1. The van der Waals surface area contributed by atoms with Crippen LogP contribution in [0.5, 0.6) is 0 Å². The number of hydrogen-bond acceptors (Lipinski definition) is 4. The Hall–Kier alpha value is -3.70. The first-order valence-electron chi connectivity index (χ1n) is 12.5. The second-order valence-electron chi connectivity index (χ2n) is 9.11. The smallest absolute Gasteiger partial charge is 0.416 e. The Bertz CT molecular complexity index is 1120. The minimum atomic E-state index is -0.579. The normalized spacial score (nSPS) is 16.8. The Labute approximate surface area is 213 Å². The van der Waals surface area contributed by atoms with Gasteiger partial charge in [-0.2, -0.15) is 0 Å². The van der Waals surface area contributed by atoms with Gasteiger partial charge in [-0.15, -0.1) is 6.58 Å². The molecule has 2 amide bonds. The van der Waals surface area contributed by atoms with Crippen molar-refractivity contribution in [3.8, 4) is 0 Å². The largest absolute Gasteiger partial charge is 0.447 e. The van der Waals surface area contributed by atoms with Crippen molar-refractivity contribution >= 4 is 12.0 Å². The summed E-state index contributed by atoms with van der Waals surface area (Å²) in [5, 5.41) is 0. The summed E-state index contributed by atoms with van der Waals surface area (Å²) >= 11 is 0. The second kappa shape index (κ2) is 12.8. The summed E-state index contributed by atoms with van der Waals surface area (Å²) in [6.45, 7) is 4.32. The Morgan fingerprint density at radius 2 is 1.53 bits per heavy atom. The molecule has 0 spiro atoms. The van der Waals surface area contributed by atoms with Crippen LogP contribution in [0.25, 0.3) is 0 Å². The van der Waals surface area contributed by atoms with Gasteiger partial charge in [0.2, 0.25) is 5.91 Å². The van der Waals surface area contributed by atoms with E-state index in [0.717, 1.165) is 17.5 Å². The molecular formula is C31H33NO4. The minimum Gasteiger partial charge on any atom is -0.447 e. The average Bonchev–Trinajstić information content (AvgIpc) is 3.28. The first kappa shape index (κ1) is 25.4. The number of cyclic esters (lactones) is 1. The lowest BCUT2D eigenvalue weighted by molar-refractivity contribution is -0.139. The lowest BCUT2D eigenvalue weighted by atomic mass is 9.88. The highest BCUT2D eigenvalue weighted by Gasteiger charge is 2.43. The summed E-state index contributed by atoms with van der Waals surface area (Å²) in [5.41, 5.74) is 3.26. The van der Waals surface area contributed by atoms with Crippen molar-refractivity contribution in [2.75, 3.05) is 13.2 Å². The van der Waals surface area contributed by atoms with Gasteiger partial charge in [0.15, 0.2) is 0 Å². The van der Waals surface area contributed by atoms with Crippen molar-refractivity contribution < 1.29 is 19.1 Å². The lowest BCUT2D eigenvalue weighted by Gasteiger charge is -2.30. The molecule has 1 aliphatic rings. The molecule has 36 heavy (non-hydrogen) atoms. The standard InChI is InChI=1S/C31H33NO4/c1-2-20-35-29(19-18-24-12-6-3-7-13-24)28(22-26-16-10-5-11-17-26)30(33)32-27(23-36-31(32)34)21-25-14-8-4-9-15-25/h2-17,27-29H,1,18-23H2/t27-,28-,29+/m0/s1. The molecule has 4 rings (SSSR count). The van der Waals surface area contributed by atoms with E-state index in [9.17, 15) is 9.59 Å². The number of imide groups is 1. The zero-order chi connectivity index (χ0) is 25.2. The van der Waals surface area contributed by atoms with E-state index in [1.165, 1.54) is 10.5 Å². The molecule has 0 N–H and O–H groups in total. The zero-order valence-corrected chi connectivity index (χ0v) is 20.5. The molecule has 0 radical (unpaired) electrons. The average molecular weight is 484 g/mol. The molecule has 1 fully saturated rings. The lowest BCUT2D eigenvalue weighted by Crippen LogP contribution is -2.48. The number of rotatable bonds is 12. The van der Waals surface area contributed by atoms with Gasteiger partial charge in [0, 0.05) is 0 Å². The van der Waals surface area contributed by atoms with Gasteiger partial charge in [0.05, 0.1) is 24.7 Å². The highest BCUT2D eigenvalue weighted by Crippen LogP contribution is 2.27. The van der Waals surface area contributed by atoms with Crippen LogP contribution < -0.4 is 0 Å². The van der Waals surface area contributed by atoms with Crippen LogP contribution in [-0.4, -0.2) is 42.3 Å². The van der Waals surface area contributed by atoms with Crippen LogP contribution in [0.3, 0.4) is 0 Å². The SMILES string of the molecule is C=CCO[C@H](CCc1ccccc1)[C@H](Cc1ccccc1)C(=O)N1C(=O)OC[C@@H]1Cc1ccccc1. The van der Waals surface area contributed by atoms with Gasteiger partial charge in [-0.3, -0.25) is 4.79 Å². The first-order valence-corrected chi connectivity index (χ1v) is 12.5. The molecule has 1 saturated heterocycles. The summed E-state index contributed by atoms with van der Waals surface area (Å²) < 4.78 is 11.6. The van der Waals surface area contributed by atoms with Crippen LogP contribution in [0.2, 0.25) is 0 Å². The maximum absolute atomic E-state index is 14.1. The number of hydrogen-bond donors (Lipinski definition) is 0. The number of carbonyl (C=O) groups is 2. The fourth-order valence-electron chi connectivity index (χ4n) is 4.74. The summed E-state index contributed by atoms with van der Waals surface area (Å²) in [7, 11) is 0. The Morgan fingerprint density at radius 3 is 2.14 bits per heavy atom. The Morgan fingerprint density at radius 1 is 0.944 bits per heavy atom. The molecule has 3 aromatic rings. The molecular weight excluding hydrogens is 450 g/mol. The highest BCUT2D eigenvalue weighted by molar-refractivity contribution is 5.95. The maximum atomic E-state index is 14.1. The third-order valence-corrected chi connectivity index (χ3v) is 6.57. The van der Waals surface area contributed by atoms with E-state index in [1.54, 1.807) is 6.08 Å². The van der Waals surface area contributed by atoms with Crippen LogP contribution in [0, 0.1) is 5.92 Å². The monoisotopic (exact) mass is 483 g/mol. The third kappa shape index (κ3) is 6.70. The van der Waals surface area contributed by atoms with Crippen molar-refractivity contribution in [1.82, 2.24) is 4.90 Å². The van der Waals surface area contributed by atoms with E-state index in [0.29, 0.717) is 25.9 Å². The molecule has 0 bridgehead atoms. The van der Waals surface area contributed by atoms with Crippen molar-refractivity contribution in [3.63, 3.8) is 0 Å². The van der Waals surface area contributed by atoms with Crippen molar-refractivity contribution in [3.05, 3.63) is 120 Å². The molecule has 1 heterocycles. The highest BCUT2D eigenvalue weighted by atomic mass is 16.6. The quantitative estimate of drug-likeness (QED) is 0.313. The van der Waals surface area contributed by atoms with Gasteiger partial charge in [0.1, 0.15) is 6.61 Å². The summed E-state index contributed by atoms with van der Waals surface area (Å²) in [6.07, 6.45) is 3.16. The van der Waals surface area contributed by atoms with E-state index in [2.05, 4.69) is 18.7 Å². The summed E-state index contributed by atoms with van der Waals surface area (Å²) in [5.74, 6) is -0.788. The van der Waals surface area contributed by atoms with Gasteiger partial charge in [-0.1, -0.05) is 97.1 Å². The van der Waals surface area contributed by atoms with Crippen LogP contribution in [0.1, 0.15) is 23.1 Å². The van der Waals surface area contributed by atoms with E-state index >= 15 is 0 Å². The number of benzene rings is 3. The maximum Gasteiger partial charge on any atom is 0.416 e. The molecule has 1 aliphatic heterocycles. The van der Waals surface area contributed by atoms with Gasteiger partial charge >= 0.3 is 6.09 Å². The van der Waals surface area contributed by atoms with Crippen molar-refractivity contribution in [2.45, 2.75) is 37.8 Å². The van der Waals surface area contributed by atoms with E-state index in [-0.39, 0.29) is 24.7 Å². The van der Waals surface area contributed by atoms with Gasteiger partial charge in [0.25, 0.3) is 0 Å². The molecule has 0 unspecified atom stereocenters. The predicted molar refractivity (Wildman–Crippen MR) is 140 cm³/mol. The van der Waals surface area contributed by atoms with E-state index in [4.69, 9.17) is 9.47 Å². The molecule has 0 saturated carbocycles. The van der Waals surface area contributed by atoms with Crippen LogP contribution >= 0.6 is 0 Å². The van der Waals surface area contributed by atoms with Crippen molar-refractivity contribution in [1.29, 1.82) is 0 Å². The first-order chi connectivity index (χ1) is 17.7. The minimum absolute atomic E-state index is 0.194. The molecule has 0 aromatic heterocycles.